The molecule has 0 aliphatic heterocycles. The lowest BCUT2D eigenvalue weighted by atomic mass is 10.0. The normalized spacial score (nSPS) is 16.8. The summed E-state index contributed by atoms with van der Waals surface area (Å²) in [6.07, 6.45) is -1.38. The molecule has 0 bridgehead atoms. The van der Waals surface area contributed by atoms with Crippen LogP contribution in [0.5, 0.6) is 0 Å². The lowest BCUT2D eigenvalue weighted by Gasteiger charge is -2.20. The van der Waals surface area contributed by atoms with E-state index in [1.54, 1.807) is 0 Å². The van der Waals surface area contributed by atoms with Gasteiger partial charge in [0.25, 0.3) is 0 Å². The predicted octanol–water partition coefficient (Wildman–Crippen LogP) is -1.98. The molecule has 0 spiro atoms. The summed E-state index contributed by atoms with van der Waals surface area (Å²) in [7, 11) is 0. The lowest BCUT2D eigenvalue weighted by molar-refractivity contribution is -0.137. The van der Waals surface area contributed by atoms with Gasteiger partial charge in [0, 0.05) is 0 Å². The van der Waals surface area contributed by atoms with Crippen molar-refractivity contribution in [2.45, 2.75) is 38.0 Å². The van der Waals surface area contributed by atoms with Crippen LogP contribution in [0.25, 0.3) is 0 Å². The van der Waals surface area contributed by atoms with Gasteiger partial charge in [-0.25, -0.2) is 0 Å². The smallest absolute Gasteiger partial charge is 0.183 e. The van der Waals surface area contributed by atoms with Crippen LogP contribution >= 0.6 is 0 Å². The molecule has 0 aliphatic carbocycles. The number of unbranched alkanes of at least 4 members (excludes halogenated alkanes) is 1. The van der Waals surface area contributed by atoms with Gasteiger partial charge in [0.2, 0.25) is 0 Å². The van der Waals surface area contributed by atoms with Crippen molar-refractivity contribution in [1.29, 1.82) is 0 Å². The summed E-state index contributed by atoms with van der Waals surface area (Å²) in [4.78, 5) is 11.5. The third-order valence-electron chi connectivity index (χ3n) is 2.29. The molecule has 0 aromatic heterocycles. The molecule has 0 aromatic rings. The second kappa shape index (κ2) is 8.60. The highest BCUT2D eigenvalue weighted by Crippen LogP contribution is 1.99. The Bertz CT molecular complexity index is 200. The summed E-state index contributed by atoms with van der Waals surface area (Å²) < 4.78 is 0. The largest absolute Gasteiger partial charge is 0.394 e. The molecule has 0 rings (SSSR count). The van der Waals surface area contributed by atoms with Crippen molar-refractivity contribution < 1.29 is 25.2 Å². The monoisotopic (exact) mass is 235 g/mol. The first-order chi connectivity index (χ1) is 7.58. The maximum atomic E-state index is 11.5. The number of aliphatic hydroxyl groups is 4. The van der Waals surface area contributed by atoms with Gasteiger partial charge in [0.1, 0.15) is 12.2 Å². The number of carbonyl (C=O) groups is 1. The van der Waals surface area contributed by atoms with Gasteiger partial charge in [-0.1, -0.05) is 13.3 Å². The molecule has 5 N–H and O–H groups in total. The van der Waals surface area contributed by atoms with E-state index in [9.17, 15) is 9.90 Å². The van der Waals surface area contributed by atoms with Crippen molar-refractivity contribution in [2.24, 2.45) is 0 Å². The molecule has 0 unspecified atom stereocenters. The van der Waals surface area contributed by atoms with Crippen LogP contribution in [0.15, 0.2) is 0 Å². The minimum atomic E-state index is -1.67. The van der Waals surface area contributed by atoms with Gasteiger partial charge >= 0.3 is 0 Å². The number of nitrogens with one attached hydrogen (secondary N) is 1. The van der Waals surface area contributed by atoms with E-state index in [2.05, 4.69) is 5.32 Å². The molecule has 0 fully saturated rings. The Labute approximate surface area is 94.9 Å². The van der Waals surface area contributed by atoms with Gasteiger partial charge in [0.05, 0.1) is 19.3 Å². The first kappa shape index (κ1) is 15.5. The maximum absolute atomic E-state index is 11.5. The highest BCUT2D eigenvalue weighted by molar-refractivity contribution is 5.88. The summed E-state index contributed by atoms with van der Waals surface area (Å²) in [6, 6.07) is -0.900. The van der Waals surface area contributed by atoms with Crippen molar-refractivity contribution in [2.75, 3.05) is 19.8 Å². The van der Waals surface area contributed by atoms with Crippen LogP contribution in [0, 0.1) is 0 Å². The second-order valence-corrected chi connectivity index (χ2v) is 3.64. The number of ketones is 1. The molecular weight excluding hydrogens is 214 g/mol. The standard InChI is InChI=1S/C10H21NO5/c1-2-3-4-11-7(5-12)9(15)10(16)8(14)6-13/h7-8,10-14,16H,2-6H2,1H3/t7-,8+,10+/m0/s1. The second-order valence-electron chi connectivity index (χ2n) is 3.64. The Kier molecular flexibility index (Phi) is 8.32. The van der Waals surface area contributed by atoms with Gasteiger partial charge < -0.3 is 25.7 Å². The quantitative estimate of drug-likeness (QED) is 0.296. The van der Waals surface area contributed by atoms with Crippen LogP contribution in [0.4, 0.5) is 0 Å². The molecule has 0 amide bonds. The van der Waals surface area contributed by atoms with Gasteiger partial charge in [-0.2, -0.15) is 0 Å². The maximum Gasteiger partial charge on any atom is 0.183 e. The van der Waals surface area contributed by atoms with E-state index < -0.39 is 37.2 Å². The fourth-order valence-corrected chi connectivity index (χ4v) is 1.20. The van der Waals surface area contributed by atoms with Crippen LogP contribution in [-0.4, -0.2) is 64.2 Å². The summed E-state index contributed by atoms with van der Waals surface area (Å²) in [5.41, 5.74) is 0. The highest BCUT2D eigenvalue weighted by atomic mass is 16.4. The first-order valence-electron chi connectivity index (χ1n) is 5.43. The van der Waals surface area contributed by atoms with E-state index in [0.29, 0.717) is 6.54 Å². The number of Topliss-reactive ketones (excluding diaryl/α,β-unsaturated/α-hetero) is 1. The zero-order chi connectivity index (χ0) is 12.6. The van der Waals surface area contributed by atoms with Crippen molar-refractivity contribution in [3.05, 3.63) is 0 Å². The molecule has 0 aliphatic rings. The molecule has 6 nitrogen and oxygen atoms in total. The van der Waals surface area contributed by atoms with E-state index >= 15 is 0 Å². The van der Waals surface area contributed by atoms with Gasteiger partial charge in [0.15, 0.2) is 5.78 Å². The van der Waals surface area contributed by atoms with E-state index in [4.69, 9.17) is 15.3 Å². The first-order valence-corrected chi connectivity index (χ1v) is 5.43. The Balaban J connectivity index is 4.18. The number of hydrogen-bond donors (Lipinski definition) is 5. The highest BCUT2D eigenvalue weighted by Gasteiger charge is 2.29. The van der Waals surface area contributed by atoms with E-state index in [-0.39, 0.29) is 0 Å². The van der Waals surface area contributed by atoms with Gasteiger partial charge in [-0.3, -0.25) is 4.79 Å². The number of carbonyl (C=O) groups excluding carboxylic acids is 1. The predicted molar refractivity (Wildman–Crippen MR) is 57.9 cm³/mol. The molecule has 96 valence electrons. The van der Waals surface area contributed by atoms with E-state index in [1.165, 1.54) is 0 Å². The fourth-order valence-electron chi connectivity index (χ4n) is 1.20. The Morgan fingerprint density at radius 3 is 2.31 bits per heavy atom. The Morgan fingerprint density at radius 1 is 1.25 bits per heavy atom. The molecule has 6 heteroatoms. The summed E-state index contributed by atoms with van der Waals surface area (Å²) in [5, 5.41) is 38.7. The molecule has 16 heavy (non-hydrogen) atoms. The lowest BCUT2D eigenvalue weighted by Crippen LogP contribution is -2.49. The van der Waals surface area contributed by atoms with Crippen LogP contribution < -0.4 is 5.32 Å². The van der Waals surface area contributed by atoms with Crippen LogP contribution in [0.2, 0.25) is 0 Å². The Hall–Kier alpha value is -0.530. The van der Waals surface area contributed by atoms with Crippen molar-refractivity contribution in [3.63, 3.8) is 0 Å². The van der Waals surface area contributed by atoms with Crippen molar-refractivity contribution >= 4 is 5.78 Å². The van der Waals surface area contributed by atoms with Gasteiger partial charge in [-0.15, -0.1) is 0 Å². The molecule has 0 heterocycles. The van der Waals surface area contributed by atoms with E-state index in [0.717, 1.165) is 12.8 Å². The van der Waals surface area contributed by atoms with Crippen LogP contribution in [0.1, 0.15) is 19.8 Å². The van der Waals surface area contributed by atoms with E-state index in [1.807, 2.05) is 6.92 Å². The SMILES string of the molecule is CCCCN[C@@H](CO)C(=O)[C@H](O)[C@H](O)CO. The minimum absolute atomic E-state index is 0.447. The molecular formula is C10H21NO5. The third-order valence-corrected chi connectivity index (χ3v) is 2.29. The summed E-state index contributed by atoms with van der Waals surface area (Å²) in [5.74, 6) is -0.708. The van der Waals surface area contributed by atoms with Crippen LogP contribution in [0.3, 0.4) is 0 Å². The molecule has 0 aromatic carbocycles. The molecule has 0 radical (unpaired) electrons. The third kappa shape index (κ3) is 5.00. The topological polar surface area (TPSA) is 110 Å². The molecule has 0 saturated carbocycles. The average Bonchev–Trinajstić information content (AvgIpc) is 2.32. The number of aliphatic hydroxyl groups excluding tert-OH is 4. The zero-order valence-corrected chi connectivity index (χ0v) is 9.46. The van der Waals surface area contributed by atoms with Crippen molar-refractivity contribution in [3.8, 4) is 0 Å². The van der Waals surface area contributed by atoms with Crippen LogP contribution in [-0.2, 0) is 4.79 Å². The van der Waals surface area contributed by atoms with Crippen molar-refractivity contribution in [1.82, 2.24) is 5.32 Å². The van der Waals surface area contributed by atoms with Gasteiger partial charge in [-0.05, 0) is 13.0 Å². The number of rotatable bonds is 9. The molecule has 0 saturated heterocycles. The average molecular weight is 235 g/mol. The summed E-state index contributed by atoms with van der Waals surface area (Å²) in [6.45, 7) is 1.40. The minimum Gasteiger partial charge on any atom is -0.394 e. The number of hydrogen-bond acceptors (Lipinski definition) is 6. The molecule has 3 atom stereocenters. The Morgan fingerprint density at radius 2 is 1.88 bits per heavy atom. The zero-order valence-electron chi connectivity index (χ0n) is 9.46. The summed E-state index contributed by atoms with van der Waals surface area (Å²) >= 11 is 0. The fraction of sp³-hybridized carbons (Fsp3) is 0.900.